The molecule has 0 atom stereocenters. The minimum absolute atomic E-state index is 0.278. The van der Waals surface area contributed by atoms with Gasteiger partial charge in [0.1, 0.15) is 6.33 Å². The molecule has 3 aromatic heterocycles. The molecule has 0 spiro atoms. The number of hydrogen-bond donors (Lipinski definition) is 0. The summed E-state index contributed by atoms with van der Waals surface area (Å²) >= 11 is 0. The number of aromatic nitrogens is 3. The van der Waals surface area contributed by atoms with Crippen LogP contribution < -0.4 is 0 Å². The topological polar surface area (TPSA) is 56.5 Å². The number of nitrogens with zero attached hydrogens (tertiary/aromatic N) is 3. The summed E-state index contributed by atoms with van der Waals surface area (Å²) in [5.41, 5.74) is 4.01. The van der Waals surface area contributed by atoms with Crippen molar-refractivity contribution in [2.24, 2.45) is 0 Å². The van der Waals surface area contributed by atoms with Gasteiger partial charge in [-0.1, -0.05) is 24.3 Å². The lowest BCUT2D eigenvalue weighted by Gasteiger charge is -2.02. The molecular weight excluding hydrogens is 290 g/mol. The van der Waals surface area contributed by atoms with E-state index in [1.165, 1.54) is 7.11 Å². The number of rotatable bonds is 2. The molecule has 112 valence electrons. The SMILES string of the molecule is COC(=O)c1cc2c(-c3ccccn3)c3ccccc3n2cn1. The van der Waals surface area contributed by atoms with Gasteiger partial charge in [-0.15, -0.1) is 0 Å². The van der Waals surface area contributed by atoms with Crippen LogP contribution >= 0.6 is 0 Å². The number of esters is 1. The molecule has 5 heteroatoms. The summed E-state index contributed by atoms with van der Waals surface area (Å²) in [7, 11) is 1.35. The molecule has 3 heterocycles. The first kappa shape index (κ1) is 13.5. The van der Waals surface area contributed by atoms with E-state index in [4.69, 9.17) is 4.74 Å². The maximum absolute atomic E-state index is 11.8. The van der Waals surface area contributed by atoms with Crippen molar-refractivity contribution in [1.82, 2.24) is 14.4 Å². The number of para-hydroxylation sites is 1. The zero-order valence-electron chi connectivity index (χ0n) is 12.4. The molecule has 0 bridgehead atoms. The molecule has 0 saturated heterocycles. The van der Waals surface area contributed by atoms with Gasteiger partial charge < -0.3 is 4.74 Å². The fourth-order valence-electron chi connectivity index (χ4n) is 2.83. The largest absolute Gasteiger partial charge is 0.464 e. The van der Waals surface area contributed by atoms with Gasteiger partial charge in [0, 0.05) is 17.1 Å². The highest BCUT2D eigenvalue weighted by atomic mass is 16.5. The summed E-state index contributed by atoms with van der Waals surface area (Å²) < 4.78 is 6.74. The molecule has 0 unspecified atom stereocenters. The Hall–Kier alpha value is -3.21. The lowest BCUT2D eigenvalue weighted by Crippen LogP contribution is -2.05. The Bertz CT molecular complexity index is 1020. The van der Waals surface area contributed by atoms with E-state index in [0.717, 1.165) is 27.7 Å². The van der Waals surface area contributed by atoms with Gasteiger partial charge in [0.05, 0.1) is 23.8 Å². The van der Waals surface area contributed by atoms with Gasteiger partial charge in [-0.3, -0.25) is 9.38 Å². The van der Waals surface area contributed by atoms with Gasteiger partial charge in [-0.25, -0.2) is 9.78 Å². The van der Waals surface area contributed by atoms with Crippen LogP contribution in [-0.2, 0) is 4.74 Å². The molecule has 0 amide bonds. The zero-order valence-corrected chi connectivity index (χ0v) is 12.4. The lowest BCUT2D eigenvalue weighted by atomic mass is 10.1. The smallest absolute Gasteiger partial charge is 0.356 e. The van der Waals surface area contributed by atoms with Crippen molar-refractivity contribution in [2.75, 3.05) is 7.11 Å². The standard InChI is InChI=1S/C18H13N3O2/c1-23-18(22)14-10-16-17(13-7-4-5-9-19-13)12-6-2-3-8-15(12)21(16)11-20-14/h2-11H,1H3. The molecule has 4 rings (SSSR count). The fourth-order valence-corrected chi connectivity index (χ4v) is 2.83. The van der Waals surface area contributed by atoms with Gasteiger partial charge in [-0.05, 0) is 24.3 Å². The number of hydrogen-bond acceptors (Lipinski definition) is 4. The second-order valence-corrected chi connectivity index (χ2v) is 5.13. The van der Waals surface area contributed by atoms with Crippen molar-refractivity contribution in [3.8, 4) is 11.3 Å². The Morgan fingerprint density at radius 3 is 2.65 bits per heavy atom. The van der Waals surface area contributed by atoms with Crippen molar-refractivity contribution in [2.45, 2.75) is 0 Å². The predicted molar refractivity (Wildman–Crippen MR) is 87.3 cm³/mol. The maximum atomic E-state index is 11.8. The number of carbonyl (C=O) groups is 1. The minimum atomic E-state index is -0.454. The minimum Gasteiger partial charge on any atom is -0.464 e. The van der Waals surface area contributed by atoms with E-state index >= 15 is 0 Å². The quantitative estimate of drug-likeness (QED) is 0.533. The van der Waals surface area contributed by atoms with E-state index in [1.807, 2.05) is 46.9 Å². The van der Waals surface area contributed by atoms with Crippen LogP contribution in [0, 0.1) is 0 Å². The number of carbonyl (C=O) groups excluding carboxylic acids is 1. The molecular formula is C18H13N3O2. The average Bonchev–Trinajstić information content (AvgIpc) is 2.95. The summed E-state index contributed by atoms with van der Waals surface area (Å²) in [6.45, 7) is 0. The van der Waals surface area contributed by atoms with Crippen LogP contribution in [0.4, 0.5) is 0 Å². The van der Waals surface area contributed by atoms with Gasteiger partial charge in [0.2, 0.25) is 0 Å². The number of methoxy groups -OCH3 is 1. The summed E-state index contributed by atoms with van der Waals surface area (Å²) in [6.07, 6.45) is 3.41. The number of ether oxygens (including phenoxy) is 1. The Morgan fingerprint density at radius 2 is 1.87 bits per heavy atom. The molecule has 23 heavy (non-hydrogen) atoms. The van der Waals surface area contributed by atoms with Crippen molar-refractivity contribution in [1.29, 1.82) is 0 Å². The first-order valence-corrected chi connectivity index (χ1v) is 7.18. The van der Waals surface area contributed by atoms with Crippen molar-refractivity contribution >= 4 is 22.4 Å². The summed E-state index contributed by atoms with van der Waals surface area (Å²) in [5.74, 6) is -0.454. The van der Waals surface area contributed by atoms with Crippen LogP contribution in [0.15, 0.2) is 61.1 Å². The molecule has 0 aliphatic heterocycles. The monoisotopic (exact) mass is 303 g/mol. The third-order valence-corrected chi connectivity index (χ3v) is 3.85. The molecule has 0 N–H and O–H groups in total. The van der Waals surface area contributed by atoms with Crippen LogP contribution in [0.2, 0.25) is 0 Å². The first-order valence-electron chi connectivity index (χ1n) is 7.18. The molecule has 0 aliphatic carbocycles. The first-order chi connectivity index (χ1) is 11.3. The number of fused-ring (bicyclic) bond motifs is 3. The van der Waals surface area contributed by atoms with Crippen molar-refractivity contribution < 1.29 is 9.53 Å². The summed E-state index contributed by atoms with van der Waals surface area (Å²) in [6, 6.07) is 15.6. The Labute approximate surface area is 132 Å². The Balaban J connectivity index is 2.13. The third-order valence-electron chi connectivity index (χ3n) is 3.85. The molecule has 4 aromatic rings. The van der Waals surface area contributed by atoms with Gasteiger partial charge >= 0.3 is 5.97 Å². The van der Waals surface area contributed by atoms with Gasteiger partial charge in [0.15, 0.2) is 5.69 Å². The molecule has 1 aromatic carbocycles. The molecule has 0 radical (unpaired) electrons. The van der Waals surface area contributed by atoms with E-state index in [1.54, 1.807) is 18.6 Å². The Kier molecular flexibility index (Phi) is 3.05. The average molecular weight is 303 g/mol. The van der Waals surface area contributed by atoms with Gasteiger partial charge in [-0.2, -0.15) is 0 Å². The van der Waals surface area contributed by atoms with E-state index in [-0.39, 0.29) is 5.69 Å². The van der Waals surface area contributed by atoms with Crippen LogP contribution in [0.25, 0.3) is 27.7 Å². The molecule has 5 nitrogen and oxygen atoms in total. The van der Waals surface area contributed by atoms with E-state index < -0.39 is 5.97 Å². The van der Waals surface area contributed by atoms with Crippen molar-refractivity contribution in [3.05, 3.63) is 66.7 Å². The number of benzene rings is 1. The second kappa shape index (κ2) is 5.21. The summed E-state index contributed by atoms with van der Waals surface area (Å²) in [5, 5.41) is 1.06. The van der Waals surface area contributed by atoms with E-state index in [2.05, 4.69) is 9.97 Å². The molecule has 0 saturated carbocycles. The number of pyridine rings is 1. The molecule has 0 aliphatic rings. The Morgan fingerprint density at radius 1 is 1.04 bits per heavy atom. The van der Waals surface area contributed by atoms with E-state index in [9.17, 15) is 4.79 Å². The van der Waals surface area contributed by atoms with E-state index in [0.29, 0.717) is 0 Å². The highest BCUT2D eigenvalue weighted by Gasteiger charge is 2.17. The van der Waals surface area contributed by atoms with Crippen LogP contribution in [0.1, 0.15) is 10.5 Å². The lowest BCUT2D eigenvalue weighted by molar-refractivity contribution is 0.0594. The highest BCUT2D eigenvalue weighted by Crippen LogP contribution is 2.34. The van der Waals surface area contributed by atoms with Crippen LogP contribution in [0.3, 0.4) is 0 Å². The maximum Gasteiger partial charge on any atom is 0.356 e. The van der Waals surface area contributed by atoms with Gasteiger partial charge in [0.25, 0.3) is 0 Å². The predicted octanol–water partition coefficient (Wildman–Crippen LogP) is 3.34. The molecule has 0 fully saturated rings. The van der Waals surface area contributed by atoms with Crippen molar-refractivity contribution in [3.63, 3.8) is 0 Å². The van der Waals surface area contributed by atoms with Crippen LogP contribution in [-0.4, -0.2) is 27.4 Å². The van der Waals surface area contributed by atoms with Crippen LogP contribution in [0.5, 0.6) is 0 Å². The second-order valence-electron chi connectivity index (χ2n) is 5.13. The fraction of sp³-hybridized carbons (Fsp3) is 0.0556. The highest BCUT2D eigenvalue weighted by molar-refractivity contribution is 6.05. The normalized spacial score (nSPS) is 11.0. The third kappa shape index (κ3) is 2.05. The summed E-state index contributed by atoms with van der Waals surface area (Å²) in [4.78, 5) is 20.5. The zero-order chi connectivity index (χ0) is 15.8.